The molecule has 0 radical (unpaired) electrons. The Balaban J connectivity index is 2.20. The molecule has 0 aliphatic carbocycles. The molecule has 1 aliphatic heterocycles. The van der Waals surface area contributed by atoms with Crippen LogP contribution in [0.1, 0.15) is 38.0 Å². The molecule has 5 nitrogen and oxygen atoms in total. The summed E-state index contributed by atoms with van der Waals surface area (Å²) in [7, 11) is -3.54. The Hall–Kier alpha value is -1.63. The summed E-state index contributed by atoms with van der Waals surface area (Å²) in [6.07, 6.45) is -0.385. The average Bonchev–Trinajstić information content (AvgIpc) is 2.56. The van der Waals surface area contributed by atoms with Gasteiger partial charge in [0.1, 0.15) is 11.4 Å². The highest BCUT2D eigenvalue weighted by atomic mass is 32.2. The number of carbonyl (C=O) groups is 1. The van der Waals surface area contributed by atoms with Crippen molar-refractivity contribution in [2.45, 2.75) is 38.0 Å². The first-order valence-electron chi connectivity index (χ1n) is 7.54. The minimum Gasteiger partial charge on any atom is -0.444 e. The van der Waals surface area contributed by atoms with E-state index in [4.69, 9.17) is 4.74 Å². The normalized spacial score (nSPS) is 21.6. The fraction of sp³-hybridized carbons (Fsp3) is 0.562. The number of amides is 1. The number of hydrogen-bond donors (Lipinski definition) is 0. The zero-order valence-electron chi connectivity index (χ0n) is 13.6. The van der Waals surface area contributed by atoms with Crippen LogP contribution < -0.4 is 0 Å². The summed E-state index contributed by atoms with van der Waals surface area (Å²) in [4.78, 5) is 13.5. The fourth-order valence-corrected chi connectivity index (χ4v) is 4.34. The van der Waals surface area contributed by atoms with Gasteiger partial charge in [-0.15, -0.1) is 0 Å². The van der Waals surface area contributed by atoms with Gasteiger partial charge in [0, 0.05) is 18.7 Å². The van der Waals surface area contributed by atoms with Crippen molar-refractivity contribution in [1.82, 2.24) is 4.90 Å². The monoisotopic (exact) mass is 343 g/mol. The zero-order valence-corrected chi connectivity index (χ0v) is 14.4. The van der Waals surface area contributed by atoms with E-state index in [0.29, 0.717) is 0 Å². The Labute approximate surface area is 136 Å². The van der Waals surface area contributed by atoms with Gasteiger partial charge in [0.05, 0.1) is 11.0 Å². The lowest BCUT2D eigenvalue weighted by molar-refractivity contribution is 0.0263. The van der Waals surface area contributed by atoms with Crippen molar-refractivity contribution in [3.05, 3.63) is 35.6 Å². The molecule has 128 valence electrons. The number of carbonyl (C=O) groups excluding carboxylic acids is 1. The number of ether oxygens (including phenoxy) is 1. The van der Waals surface area contributed by atoms with Crippen molar-refractivity contribution in [1.29, 1.82) is 0 Å². The van der Waals surface area contributed by atoms with E-state index in [0.717, 1.165) is 0 Å². The van der Waals surface area contributed by atoms with Crippen LogP contribution in [0.25, 0.3) is 0 Å². The highest BCUT2D eigenvalue weighted by Crippen LogP contribution is 2.31. The van der Waals surface area contributed by atoms with Crippen LogP contribution >= 0.6 is 0 Å². The topological polar surface area (TPSA) is 63.7 Å². The number of rotatable bonds is 1. The van der Waals surface area contributed by atoms with Crippen LogP contribution in [-0.2, 0) is 14.6 Å². The second kappa shape index (κ2) is 6.47. The molecule has 0 saturated carbocycles. The highest BCUT2D eigenvalue weighted by molar-refractivity contribution is 7.91. The van der Waals surface area contributed by atoms with Crippen molar-refractivity contribution in [3.8, 4) is 0 Å². The standard InChI is InChI=1S/C16H22FNO4S/c1-16(2,3)22-15(19)18-9-8-14(23(20,21)11-10-18)12-6-4-5-7-13(12)17/h4-7,14H,8-11H2,1-3H3. The first-order chi connectivity index (χ1) is 10.6. The van der Waals surface area contributed by atoms with E-state index in [1.807, 2.05) is 0 Å². The molecule has 0 N–H and O–H groups in total. The van der Waals surface area contributed by atoms with Gasteiger partial charge in [-0.1, -0.05) is 18.2 Å². The third-order valence-electron chi connectivity index (χ3n) is 3.64. The molecule has 1 saturated heterocycles. The van der Waals surface area contributed by atoms with Crippen molar-refractivity contribution < 1.29 is 22.3 Å². The Morgan fingerprint density at radius 3 is 2.52 bits per heavy atom. The summed E-state index contributed by atoms with van der Waals surface area (Å²) >= 11 is 0. The lowest BCUT2D eigenvalue weighted by atomic mass is 10.1. The second-order valence-electron chi connectivity index (χ2n) is 6.63. The number of halogens is 1. The predicted octanol–water partition coefficient (Wildman–Crippen LogP) is 2.92. The Bertz CT molecular complexity index is 682. The van der Waals surface area contributed by atoms with Gasteiger partial charge in [0.15, 0.2) is 9.84 Å². The summed E-state index contributed by atoms with van der Waals surface area (Å²) in [6, 6.07) is 5.88. The number of benzene rings is 1. The number of hydrogen-bond acceptors (Lipinski definition) is 4. The summed E-state index contributed by atoms with van der Waals surface area (Å²) < 4.78 is 44.2. The summed E-state index contributed by atoms with van der Waals surface area (Å²) in [6.45, 7) is 5.53. The van der Waals surface area contributed by atoms with Crippen molar-refractivity contribution in [2.75, 3.05) is 18.8 Å². The molecule has 1 heterocycles. The highest BCUT2D eigenvalue weighted by Gasteiger charge is 2.35. The Morgan fingerprint density at radius 1 is 1.26 bits per heavy atom. The van der Waals surface area contributed by atoms with Gasteiger partial charge >= 0.3 is 6.09 Å². The molecule has 7 heteroatoms. The van der Waals surface area contributed by atoms with Crippen LogP contribution in [-0.4, -0.2) is 43.9 Å². The number of nitrogens with zero attached hydrogens (tertiary/aromatic N) is 1. The second-order valence-corrected chi connectivity index (χ2v) is 8.94. The van der Waals surface area contributed by atoms with Crippen LogP contribution in [0.3, 0.4) is 0 Å². The molecule has 1 fully saturated rings. The SMILES string of the molecule is CC(C)(C)OC(=O)N1CCC(c2ccccc2F)S(=O)(=O)CC1. The van der Waals surface area contributed by atoms with E-state index in [1.54, 1.807) is 26.8 Å². The summed E-state index contributed by atoms with van der Waals surface area (Å²) in [5.74, 6) is -0.739. The van der Waals surface area contributed by atoms with E-state index < -0.39 is 32.6 Å². The lowest BCUT2D eigenvalue weighted by Gasteiger charge is -2.26. The van der Waals surface area contributed by atoms with Crippen LogP contribution in [0.5, 0.6) is 0 Å². The largest absolute Gasteiger partial charge is 0.444 e. The third-order valence-corrected chi connectivity index (χ3v) is 5.75. The predicted molar refractivity (Wildman–Crippen MR) is 85.4 cm³/mol. The zero-order chi connectivity index (χ0) is 17.3. The van der Waals surface area contributed by atoms with Gasteiger partial charge < -0.3 is 9.64 Å². The molecule has 1 unspecified atom stereocenters. The summed E-state index contributed by atoms with van der Waals surface area (Å²) in [5.41, 5.74) is -0.480. The maximum absolute atomic E-state index is 14.0. The van der Waals surface area contributed by atoms with Gasteiger partial charge in [-0.2, -0.15) is 0 Å². The lowest BCUT2D eigenvalue weighted by Crippen LogP contribution is -2.38. The van der Waals surface area contributed by atoms with Crippen LogP contribution in [0.2, 0.25) is 0 Å². The molecule has 23 heavy (non-hydrogen) atoms. The Kier molecular flexibility index (Phi) is 4.98. The van der Waals surface area contributed by atoms with Crippen molar-refractivity contribution >= 4 is 15.9 Å². The minimum atomic E-state index is -3.54. The van der Waals surface area contributed by atoms with E-state index in [9.17, 15) is 17.6 Å². The third kappa shape index (κ3) is 4.43. The first-order valence-corrected chi connectivity index (χ1v) is 9.25. The molecule has 0 bridgehead atoms. The average molecular weight is 343 g/mol. The molecule has 1 aromatic carbocycles. The molecular weight excluding hydrogens is 321 g/mol. The van der Waals surface area contributed by atoms with Gasteiger partial charge in [0.25, 0.3) is 0 Å². The first kappa shape index (κ1) is 17.7. The molecule has 0 aromatic heterocycles. The fourth-order valence-electron chi connectivity index (χ4n) is 2.54. The van der Waals surface area contributed by atoms with Crippen LogP contribution in [0.4, 0.5) is 9.18 Å². The van der Waals surface area contributed by atoms with E-state index in [1.165, 1.54) is 23.1 Å². The molecule has 1 amide bonds. The maximum atomic E-state index is 14.0. The molecule has 1 aromatic rings. The minimum absolute atomic E-state index is 0.0577. The van der Waals surface area contributed by atoms with E-state index in [-0.39, 0.29) is 30.8 Å². The van der Waals surface area contributed by atoms with E-state index in [2.05, 4.69) is 0 Å². The van der Waals surface area contributed by atoms with E-state index >= 15 is 0 Å². The van der Waals surface area contributed by atoms with Crippen molar-refractivity contribution in [3.63, 3.8) is 0 Å². The maximum Gasteiger partial charge on any atom is 0.410 e. The molecular formula is C16H22FNO4S. The molecule has 0 spiro atoms. The molecule has 1 aliphatic rings. The van der Waals surface area contributed by atoms with Gasteiger partial charge in [-0.05, 0) is 33.3 Å². The Morgan fingerprint density at radius 2 is 1.91 bits per heavy atom. The molecule has 1 atom stereocenters. The van der Waals surface area contributed by atoms with Crippen LogP contribution in [0, 0.1) is 5.82 Å². The number of sulfone groups is 1. The quantitative estimate of drug-likeness (QED) is 0.786. The molecule has 2 rings (SSSR count). The smallest absolute Gasteiger partial charge is 0.410 e. The van der Waals surface area contributed by atoms with Gasteiger partial charge in [-0.25, -0.2) is 17.6 Å². The summed E-state index contributed by atoms with van der Waals surface area (Å²) in [5, 5.41) is -0.934. The van der Waals surface area contributed by atoms with Gasteiger partial charge in [-0.3, -0.25) is 0 Å². The van der Waals surface area contributed by atoms with Gasteiger partial charge in [0.2, 0.25) is 0 Å². The van der Waals surface area contributed by atoms with Crippen molar-refractivity contribution in [2.24, 2.45) is 0 Å². The van der Waals surface area contributed by atoms with Crippen LogP contribution in [0.15, 0.2) is 24.3 Å².